The number of sulfonamides is 1. The van der Waals surface area contributed by atoms with Gasteiger partial charge in [-0.3, -0.25) is 9.52 Å². The van der Waals surface area contributed by atoms with Crippen molar-refractivity contribution in [2.45, 2.75) is 51.1 Å². The zero-order chi connectivity index (χ0) is 31.3. The number of aliphatic hydroxyl groups is 1. The molecule has 0 aromatic heterocycles. The van der Waals surface area contributed by atoms with E-state index >= 15 is 0 Å². The number of anilines is 1. The summed E-state index contributed by atoms with van der Waals surface area (Å²) in [6.45, 7) is 3.61. The highest BCUT2D eigenvalue weighted by Gasteiger charge is 2.33. The lowest BCUT2D eigenvalue weighted by Crippen LogP contribution is -2.43. The highest BCUT2D eigenvalue weighted by Crippen LogP contribution is 2.32. The number of aliphatic hydroxyl groups excluding tert-OH is 1. The zero-order valence-corrected chi connectivity index (χ0v) is 24.0. The summed E-state index contributed by atoms with van der Waals surface area (Å²) in [5.41, 5.74) is 0.102. The maximum absolute atomic E-state index is 13.3. The average Bonchev–Trinajstić information content (AvgIpc) is 2.87. The third-order valence-corrected chi connectivity index (χ3v) is 6.95. The number of β-amino-alcohol motifs (C(OH)–C–C–N with tert-alkyl or cyclic N) is 1. The number of benzene rings is 3. The quantitative estimate of drug-likeness (QED) is 0.152. The van der Waals surface area contributed by atoms with Gasteiger partial charge in [0.1, 0.15) is 11.6 Å². The summed E-state index contributed by atoms with van der Waals surface area (Å²) in [7, 11) is -3.62. The summed E-state index contributed by atoms with van der Waals surface area (Å²) >= 11 is 0. The van der Waals surface area contributed by atoms with Gasteiger partial charge in [-0.1, -0.05) is 36.4 Å². The van der Waals surface area contributed by atoms with E-state index in [9.17, 15) is 41.0 Å². The highest BCUT2D eigenvalue weighted by atomic mass is 32.2. The average molecular weight is 612 g/mol. The molecule has 1 amide bonds. The van der Waals surface area contributed by atoms with Crippen LogP contribution in [0.5, 0.6) is 5.75 Å². The molecule has 8 nitrogen and oxygen atoms in total. The van der Waals surface area contributed by atoms with Crippen molar-refractivity contribution in [3.05, 3.63) is 94.3 Å². The standard InChI is InChI=1S/C29H33F4N3O5S/c1-28(2,35-17-26(38)20-9-11-25(37)24(13-20)36-42(3,40)41)15-19-6-4-18(5-7-19)12-27(39)34-16-21-8-10-22(30)14-23(21)29(31,32)33/h4-11,13-14,26,35-38H,12,15-17H2,1-3H3,(H,34,39)/t26-/m1/s1. The van der Waals surface area contributed by atoms with Crippen LogP contribution in [-0.2, 0) is 40.4 Å². The Morgan fingerprint density at radius 2 is 1.62 bits per heavy atom. The van der Waals surface area contributed by atoms with Crippen LogP contribution >= 0.6 is 0 Å². The predicted molar refractivity (Wildman–Crippen MR) is 151 cm³/mol. The van der Waals surface area contributed by atoms with Crippen molar-refractivity contribution in [3.63, 3.8) is 0 Å². The second-order valence-corrected chi connectivity index (χ2v) is 12.4. The molecule has 0 saturated carbocycles. The molecular formula is C29H33F4N3O5S. The van der Waals surface area contributed by atoms with Crippen molar-refractivity contribution in [2.75, 3.05) is 17.5 Å². The minimum atomic E-state index is -4.74. The fourth-order valence-corrected chi connectivity index (χ4v) is 4.85. The number of phenolic OH excluding ortho intramolecular Hbond substituents is 1. The van der Waals surface area contributed by atoms with Gasteiger partial charge in [0.05, 0.1) is 30.0 Å². The molecule has 228 valence electrons. The number of carbonyl (C=O) groups is 1. The van der Waals surface area contributed by atoms with Crippen LogP contribution in [0, 0.1) is 5.82 Å². The second-order valence-electron chi connectivity index (χ2n) is 10.7. The number of carbonyl (C=O) groups excluding carboxylic acids is 1. The maximum atomic E-state index is 13.3. The minimum absolute atomic E-state index is 0.0383. The van der Waals surface area contributed by atoms with Gasteiger partial charge in [-0.25, -0.2) is 12.8 Å². The predicted octanol–water partition coefficient (Wildman–Crippen LogP) is 4.42. The van der Waals surface area contributed by atoms with Crippen molar-refractivity contribution in [1.82, 2.24) is 10.6 Å². The summed E-state index contributed by atoms with van der Waals surface area (Å²) in [4.78, 5) is 12.4. The van der Waals surface area contributed by atoms with Crippen LogP contribution in [0.3, 0.4) is 0 Å². The Bertz CT molecular complexity index is 1510. The van der Waals surface area contributed by atoms with Gasteiger partial charge in [-0.05, 0) is 66.8 Å². The second kappa shape index (κ2) is 13.1. The van der Waals surface area contributed by atoms with Crippen LogP contribution < -0.4 is 15.4 Å². The van der Waals surface area contributed by atoms with E-state index in [1.807, 2.05) is 26.0 Å². The van der Waals surface area contributed by atoms with E-state index in [0.29, 0.717) is 23.6 Å². The molecule has 13 heteroatoms. The molecule has 5 N–H and O–H groups in total. The van der Waals surface area contributed by atoms with Crippen molar-refractivity contribution in [3.8, 4) is 5.75 Å². The summed E-state index contributed by atoms with van der Waals surface area (Å²) in [5, 5.41) is 26.2. The molecule has 0 aliphatic rings. The van der Waals surface area contributed by atoms with Crippen LogP contribution in [0.4, 0.5) is 23.2 Å². The first kappa shape index (κ1) is 32.8. The van der Waals surface area contributed by atoms with E-state index in [4.69, 9.17) is 0 Å². The number of hydrogen-bond donors (Lipinski definition) is 5. The van der Waals surface area contributed by atoms with Crippen molar-refractivity contribution >= 4 is 21.6 Å². The van der Waals surface area contributed by atoms with Gasteiger partial charge in [0.2, 0.25) is 15.9 Å². The zero-order valence-electron chi connectivity index (χ0n) is 23.2. The number of alkyl halides is 3. The number of phenols is 1. The highest BCUT2D eigenvalue weighted by molar-refractivity contribution is 7.92. The number of amides is 1. The first-order valence-electron chi connectivity index (χ1n) is 12.9. The van der Waals surface area contributed by atoms with E-state index in [2.05, 4.69) is 15.4 Å². The van der Waals surface area contributed by atoms with E-state index < -0.39 is 51.7 Å². The monoisotopic (exact) mass is 611 g/mol. The minimum Gasteiger partial charge on any atom is -0.506 e. The Morgan fingerprint density at radius 1 is 0.976 bits per heavy atom. The Hall–Kier alpha value is -3.68. The van der Waals surface area contributed by atoms with Gasteiger partial charge in [0.25, 0.3) is 0 Å². The van der Waals surface area contributed by atoms with Crippen molar-refractivity contribution < 1.29 is 41.0 Å². The van der Waals surface area contributed by atoms with Crippen LogP contribution in [-0.4, -0.2) is 42.9 Å². The van der Waals surface area contributed by atoms with Gasteiger partial charge in [0, 0.05) is 18.6 Å². The van der Waals surface area contributed by atoms with Gasteiger partial charge in [0.15, 0.2) is 0 Å². The molecule has 3 aromatic carbocycles. The number of halogens is 4. The molecule has 0 unspecified atom stereocenters. The number of nitrogens with one attached hydrogen (secondary N) is 3. The Morgan fingerprint density at radius 3 is 2.24 bits per heavy atom. The van der Waals surface area contributed by atoms with Crippen LogP contribution in [0.25, 0.3) is 0 Å². The van der Waals surface area contributed by atoms with Gasteiger partial charge >= 0.3 is 6.18 Å². The third kappa shape index (κ3) is 10.00. The summed E-state index contributed by atoms with van der Waals surface area (Å²) < 4.78 is 78.0. The largest absolute Gasteiger partial charge is 0.506 e. The first-order valence-corrected chi connectivity index (χ1v) is 14.7. The van der Waals surface area contributed by atoms with E-state index in [1.165, 1.54) is 18.2 Å². The normalized spacial score (nSPS) is 13.0. The number of aromatic hydroxyl groups is 1. The molecule has 0 aliphatic carbocycles. The molecular weight excluding hydrogens is 578 g/mol. The van der Waals surface area contributed by atoms with Gasteiger partial charge in [-0.15, -0.1) is 0 Å². The smallest absolute Gasteiger partial charge is 0.416 e. The Labute approximate surface area is 241 Å². The van der Waals surface area contributed by atoms with E-state index in [1.54, 1.807) is 12.1 Å². The molecule has 0 fully saturated rings. The number of hydrogen-bond acceptors (Lipinski definition) is 6. The maximum Gasteiger partial charge on any atom is 0.416 e. The molecule has 0 aliphatic heterocycles. The molecule has 0 radical (unpaired) electrons. The lowest BCUT2D eigenvalue weighted by atomic mass is 9.93. The van der Waals surface area contributed by atoms with Gasteiger partial charge < -0.3 is 20.8 Å². The van der Waals surface area contributed by atoms with Crippen LogP contribution in [0.2, 0.25) is 0 Å². The molecule has 0 saturated heterocycles. The SMILES string of the molecule is CC(C)(Cc1ccc(CC(=O)NCc2ccc(F)cc2C(F)(F)F)cc1)NC[C@@H](O)c1ccc(O)c(NS(C)(=O)=O)c1. The molecule has 3 rings (SSSR count). The van der Waals surface area contributed by atoms with Crippen LogP contribution in [0.1, 0.15) is 47.8 Å². The van der Waals surface area contributed by atoms with Crippen molar-refractivity contribution in [1.29, 1.82) is 0 Å². The topological polar surface area (TPSA) is 128 Å². The van der Waals surface area contributed by atoms with Gasteiger partial charge in [-0.2, -0.15) is 13.2 Å². The summed E-state index contributed by atoms with van der Waals surface area (Å²) in [6.07, 6.45) is -4.29. The Balaban J connectivity index is 1.53. The fraction of sp³-hybridized carbons (Fsp3) is 0.345. The lowest BCUT2D eigenvalue weighted by Gasteiger charge is -2.28. The Kier molecular flexibility index (Phi) is 10.2. The molecule has 1 atom stereocenters. The third-order valence-electron chi connectivity index (χ3n) is 6.36. The molecule has 0 bridgehead atoms. The first-order chi connectivity index (χ1) is 19.4. The van der Waals surface area contributed by atoms with Crippen molar-refractivity contribution in [2.24, 2.45) is 0 Å². The lowest BCUT2D eigenvalue weighted by molar-refractivity contribution is -0.138. The molecule has 3 aromatic rings. The van der Waals surface area contributed by atoms with E-state index in [-0.39, 0.29) is 30.0 Å². The molecule has 0 spiro atoms. The van der Waals surface area contributed by atoms with E-state index in [0.717, 1.165) is 24.0 Å². The van der Waals surface area contributed by atoms with Crippen LogP contribution in [0.15, 0.2) is 60.7 Å². The molecule has 0 heterocycles. The fourth-order valence-electron chi connectivity index (χ4n) is 4.29. The summed E-state index contributed by atoms with van der Waals surface area (Å²) in [5.74, 6) is -1.77. The molecule has 42 heavy (non-hydrogen) atoms. The summed E-state index contributed by atoms with van der Waals surface area (Å²) in [6, 6.07) is 13.6. The number of rotatable bonds is 12.